The molecule has 3 nitrogen and oxygen atoms in total. The SMILES string of the molecule is C[C@H]1CN(C[C@@H]2CO2)C[C@H](C)O1. The van der Waals surface area contributed by atoms with E-state index in [4.69, 9.17) is 9.47 Å². The largest absolute Gasteiger partial charge is 0.373 e. The van der Waals surface area contributed by atoms with E-state index in [1.54, 1.807) is 0 Å². The Morgan fingerprint density at radius 1 is 1.25 bits per heavy atom. The number of epoxide rings is 1. The first kappa shape index (κ1) is 8.48. The van der Waals surface area contributed by atoms with Crippen LogP contribution < -0.4 is 0 Å². The molecule has 12 heavy (non-hydrogen) atoms. The van der Waals surface area contributed by atoms with E-state index in [-0.39, 0.29) is 0 Å². The molecule has 0 unspecified atom stereocenters. The van der Waals surface area contributed by atoms with Crippen molar-refractivity contribution >= 4 is 0 Å². The van der Waals surface area contributed by atoms with Gasteiger partial charge in [0.25, 0.3) is 0 Å². The van der Waals surface area contributed by atoms with Crippen LogP contribution in [0.1, 0.15) is 13.8 Å². The van der Waals surface area contributed by atoms with Gasteiger partial charge in [-0.25, -0.2) is 0 Å². The molecule has 0 amide bonds. The van der Waals surface area contributed by atoms with Crippen molar-refractivity contribution < 1.29 is 9.47 Å². The van der Waals surface area contributed by atoms with Crippen molar-refractivity contribution in [3.8, 4) is 0 Å². The highest BCUT2D eigenvalue weighted by Gasteiger charge is 2.29. The quantitative estimate of drug-likeness (QED) is 0.565. The Kier molecular flexibility index (Phi) is 2.35. The van der Waals surface area contributed by atoms with Crippen LogP contribution >= 0.6 is 0 Å². The number of morpholine rings is 1. The Balaban J connectivity index is 1.79. The van der Waals surface area contributed by atoms with Crippen molar-refractivity contribution in [1.82, 2.24) is 4.90 Å². The molecule has 2 rings (SSSR count). The van der Waals surface area contributed by atoms with Crippen molar-refractivity contribution in [2.75, 3.05) is 26.2 Å². The second-order valence-corrected chi connectivity index (χ2v) is 3.93. The first-order valence-electron chi connectivity index (χ1n) is 4.73. The molecule has 0 aromatic carbocycles. The number of hydrogen-bond donors (Lipinski definition) is 0. The van der Waals surface area contributed by atoms with Gasteiger partial charge in [-0.2, -0.15) is 0 Å². The summed E-state index contributed by atoms with van der Waals surface area (Å²) < 4.78 is 10.8. The minimum absolute atomic E-state index is 0.382. The van der Waals surface area contributed by atoms with Gasteiger partial charge in [-0.15, -0.1) is 0 Å². The average Bonchev–Trinajstić information content (AvgIpc) is 2.68. The molecule has 2 aliphatic heterocycles. The lowest BCUT2D eigenvalue weighted by Gasteiger charge is -2.34. The highest BCUT2D eigenvalue weighted by molar-refractivity contribution is 4.79. The van der Waals surface area contributed by atoms with Crippen molar-refractivity contribution in [2.24, 2.45) is 0 Å². The van der Waals surface area contributed by atoms with E-state index in [2.05, 4.69) is 18.7 Å². The molecule has 3 heteroatoms. The molecule has 0 radical (unpaired) electrons. The Labute approximate surface area is 73.6 Å². The van der Waals surface area contributed by atoms with E-state index in [0.717, 1.165) is 26.2 Å². The lowest BCUT2D eigenvalue weighted by molar-refractivity contribution is -0.0690. The first-order valence-corrected chi connectivity index (χ1v) is 4.73. The molecular weight excluding hydrogens is 154 g/mol. The lowest BCUT2D eigenvalue weighted by atomic mass is 10.2. The van der Waals surface area contributed by atoms with E-state index in [9.17, 15) is 0 Å². The number of rotatable bonds is 2. The molecule has 3 atom stereocenters. The predicted molar refractivity (Wildman–Crippen MR) is 46.2 cm³/mol. The summed E-state index contributed by atoms with van der Waals surface area (Å²) in [5.74, 6) is 0. The van der Waals surface area contributed by atoms with Gasteiger partial charge in [0.2, 0.25) is 0 Å². The molecule has 2 aliphatic rings. The normalized spacial score (nSPS) is 43.0. The Morgan fingerprint density at radius 3 is 2.33 bits per heavy atom. The van der Waals surface area contributed by atoms with Gasteiger partial charge in [0, 0.05) is 19.6 Å². The van der Waals surface area contributed by atoms with Crippen LogP contribution in [-0.2, 0) is 9.47 Å². The van der Waals surface area contributed by atoms with Crippen LogP contribution in [0.3, 0.4) is 0 Å². The van der Waals surface area contributed by atoms with Crippen LogP contribution in [0.5, 0.6) is 0 Å². The van der Waals surface area contributed by atoms with E-state index in [1.165, 1.54) is 0 Å². The zero-order chi connectivity index (χ0) is 8.55. The van der Waals surface area contributed by atoms with Crippen molar-refractivity contribution in [3.05, 3.63) is 0 Å². The molecule has 0 N–H and O–H groups in total. The Hall–Kier alpha value is -0.120. The summed E-state index contributed by atoms with van der Waals surface area (Å²) in [6, 6.07) is 0. The number of nitrogens with zero attached hydrogens (tertiary/aromatic N) is 1. The van der Waals surface area contributed by atoms with E-state index in [1.807, 2.05) is 0 Å². The molecule has 0 aromatic heterocycles. The van der Waals surface area contributed by atoms with Crippen molar-refractivity contribution in [2.45, 2.75) is 32.2 Å². The number of hydrogen-bond acceptors (Lipinski definition) is 3. The molecule has 2 saturated heterocycles. The maximum absolute atomic E-state index is 5.64. The summed E-state index contributed by atoms with van der Waals surface area (Å²) in [4.78, 5) is 2.44. The third-order valence-corrected chi connectivity index (χ3v) is 2.36. The average molecular weight is 171 g/mol. The third-order valence-electron chi connectivity index (χ3n) is 2.36. The monoisotopic (exact) mass is 171 g/mol. The second kappa shape index (κ2) is 3.32. The molecule has 0 spiro atoms. The van der Waals surface area contributed by atoms with Gasteiger partial charge in [-0.1, -0.05) is 0 Å². The fraction of sp³-hybridized carbons (Fsp3) is 1.00. The van der Waals surface area contributed by atoms with Crippen LogP contribution in [0.2, 0.25) is 0 Å². The summed E-state index contributed by atoms with van der Waals surface area (Å²) >= 11 is 0. The standard InChI is InChI=1S/C9H17NO2/c1-7-3-10(4-8(2)12-7)5-9-6-11-9/h7-9H,3-6H2,1-2H3/t7-,8-,9+/m0/s1. The minimum Gasteiger partial charge on any atom is -0.373 e. The molecule has 70 valence electrons. The summed E-state index contributed by atoms with van der Waals surface area (Å²) in [7, 11) is 0. The zero-order valence-corrected chi connectivity index (χ0v) is 7.82. The van der Waals surface area contributed by atoms with Crippen LogP contribution in [0.25, 0.3) is 0 Å². The van der Waals surface area contributed by atoms with Crippen LogP contribution in [0.4, 0.5) is 0 Å². The lowest BCUT2D eigenvalue weighted by Crippen LogP contribution is -2.46. The van der Waals surface area contributed by atoms with Gasteiger partial charge < -0.3 is 9.47 Å². The van der Waals surface area contributed by atoms with Gasteiger partial charge in [-0.05, 0) is 13.8 Å². The first-order chi connectivity index (χ1) is 5.74. The van der Waals surface area contributed by atoms with Crippen LogP contribution in [-0.4, -0.2) is 49.5 Å². The van der Waals surface area contributed by atoms with E-state index < -0.39 is 0 Å². The summed E-state index contributed by atoms with van der Waals surface area (Å²) in [6.07, 6.45) is 1.28. The molecule has 0 aromatic rings. The van der Waals surface area contributed by atoms with Crippen molar-refractivity contribution in [1.29, 1.82) is 0 Å². The van der Waals surface area contributed by atoms with Gasteiger partial charge in [0.1, 0.15) is 0 Å². The highest BCUT2D eigenvalue weighted by atomic mass is 16.6. The van der Waals surface area contributed by atoms with Crippen LogP contribution in [0, 0.1) is 0 Å². The molecule has 0 aliphatic carbocycles. The third kappa shape index (κ3) is 2.19. The smallest absolute Gasteiger partial charge is 0.0936 e. The summed E-state index contributed by atoms with van der Waals surface area (Å²) in [5.41, 5.74) is 0. The molecule has 0 saturated carbocycles. The summed E-state index contributed by atoms with van der Waals surface area (Å²) in [5, 5.41) is 0. The van der Waals surface area contributed by atoms with Gasteiger partial charge >= 0.3 is 0 Å². The van der Waals surface area contributed by atoms with Gasteiger partial charge in [-0.3, -0.25) is 4.90 Å². The predicted octanol–water partition coefficient (Wildman–Crippen LogP) is 0.494. The fourth-order valence-corrected chi connectivity index (χ4v) is 1.89. The molecular formula is C9H17NO2. The highest BCUT2D eigenvalue weighted by Crippen LogP contribution is 2.15. The van der Waals surface area contributed by atoms with Gasteiger partial charge in [0.15, 0.2) is 0 Å². The fourth-order valence-electron chi connectivity index (χ4n) is 1.89. The summed E-state index contributed by atoms with van der Waals surface area (Å²) in [6.45, 7) is 8.44. The van der Waals surface area contributed by atoms with E-state index >= 15 is 0 Å². The minimum atomic E-state index is 0.382. The molecule has 2 heterocycles. The zero-order valence-electron chi connectivity index (χ0n) is 7.82. The molecule has 0 bridgehead atoms. The van der Waals surface area contributed by atoms with Crippen molar-refractivity contribution in [3.63, 3.8) is 0 Å². The van der Waals surface area contributed by atoms with E-state index in [0.29, 0.717) is 18.3 Å². The molecule has 2 fully saturated rings. The maximum Gasteiger partial charge on any atom is 0.0936 e. The maximum atomic E-state index is 5.64. The topological polar surface area (TPSA) is 25.0 Å². The second-order valence-electron chi connectivity index (χ2n) is 3.93. The Morgan fingerprint density at radius 2 is 1.83 bits per heavy atom. The van der Waals surface area contributed by atoms with Crippen LogP contribution in [0.15, 0.2) is 0 Å². The van der Waals surface area contributed by atoms with Gasteiger partial charge in [0.05, 0.1) is 24.9 Å². The number of ether oxygens (including phenoxy) is 2. The Bertz CT molecular complexity index is 146.